The Kier molecular flexibility index (Phi) is 3920. The minimum absolute atomic E-state index is 0. The molecule has 0 aliphatic rings. The summed E-state index contributed by atoms with van der Waals surface area (Å²) < 4.78 is 0. The van der Waals surface area contributed by atoms with Crippen LogP contribution in [-0.4, -0.2) is 0 Å². The van der Waals surface area contributed by atoms with Crippen LogP contribution in [0.15, 0.2) is 0 Å². The largest absolute Gasteiger partial charge is 0 e. The molecule has 0 nitrogen and oxygen atoms in total. The van der Waals surface area contributed by atoms with Crippen molar-refractivity contribution in [1.82, 2.24) is 0 Å². The molecular weight excluding hydrogens is 7720 g/mol. The van der Waals surface area contributed by atoms with Gasteiger partial charge >= 0.3 is 0 Å². The first-order valence-electron chi connectivity index (χ1n) is 0. The average molecular weight is 7720 g/mol. The number of hydrogen-bond acceptors (Lipinski definition) is 0. The molecule has 252 valence electrons. The van der Waals surface area contributed by atoms with Gasteiger partial charge in [-0.2, -0.15) is 0 Å². The maximum Gasteiger partial charge on any atom is 0 e. The van der Waals surface area contributed by atoms with E-state index in [4.69, 9.17) is 0 Å². The smallest absolute Gasteiger partial charge is 0 e. The van der Waals surface area contributed by atoms with Crippen LogP contribution in [0.3, 0.4) is 0 Å². The molecule has 0 fully saturated rings. The Morgan fingerprint density at radius 3 is 0.0238 bits per heavy atom. The van der Waals surface area contributed by atoms with Crippen LogP contribution >= 0.6 is 0 Å². The molecule has 0 atom stereocenters. The molecule has 0 rings (SSSR count). The molecule has 0 heterocycles. The fraction of sp³-hybridized carbons (Fsp3) is 0. The van der Waals surface area contributed by atoms with E-state index in [9.17, 15) is 0 Å². The van der Waals surface area contributed by atoms with Gasteiger partial charge in [-0.25, -0.2) is 0 Å². The zero-order valence-corrected chi connectivity index (χ0v) is 140. The van der Waals surface area contributed by atoms with Crippen molar-refractivity contribution in [1.29, 1.82) is 0 Å². The third kappa shape index (κ3) is 380. The fourth-order valence-electron chi connectivity index (χ4n) is 0. The molecule has 0 aliphatic heterocycles. The summed E-state index contributed by atoms with van der Waals surface area (Å²) in [5, 5.41) is 0. The Labute approximate surface area is 858 Å². The van der Waals surface area contributed by atoms with Gasteiger partial charge in [0, 0.05) is 885 Å². The van der Waals surface area contributed by atoms with Crippen LogP contribution in [0, 0.1) is 0 Å². The van der Waals surface area contributed by atoms with E-state index in [0.29, 0.717) is 0 Å². The summed E-state index contributed by atoms with van der Waals surface area (Å²) in [4.78, 5) is 0. The second-order valence-electron chi connectivity index (χ2n) is 0. The Morgan fingerprint density at radius 2 is 0.0238 bits per heavy atom. The fourth-order valence-corrected chi connectivity index (χ4v) is 0. The minimum atomic E-state index is 0. The van der Waals surface area contributed by atoms with Crippen LogP contribution in [0.5, 0.6) is 0 Å². The summed E-state index contributed by atoms with van der Waals surface area (Å²) >= 11 is 0. The van der Waals surface area contributed by atoms with Gasteiger partial charge in [-0.15, -0.1) is 0 Å². The normalized spacial score (nSPS) is 0. The molecule has 0 spiro atoms. The third-order valence-corrected chi connectivity index (χ3v) is 0. The zero-order valence-electron chi connectivity index (χ0n) is 17.1. The SMILES string of the molecule is [W].[W].[W].[W].[W].[W].[W].[W].[W].[W].[W].[W].[W].[W].[W].[W].[W].[W].[W].[W].[W].[W].[W].[W].[W].[W].[W].[W].[W].[W].[W].[W].[W].[W].[W].[W].[W].[W].[W].[W].[W].[W]. The van der Waals surface area contributed by atoms with Gasteiger partial charge in [0.1, 0.15) is 0 Å². The van der Waals surface area contributed by atoms with Gasteiger partial charge in [-0.3, -0.25) is 0 Å². The Morgan fingerprint density at radius 1 is 0.0238 bits per heavy atom. The summed E-state index contributed by atoms with van der Waals surface area (Å²) in [6.45, 7) is 0. The zero-order chi connectivity index (χ0) is 0. The second kappa shape index (κ2) is 397. The molecule has 0 aliphatic carbocycles. The van der Waals surface area contributed by atoms with Gasteiger partial charge in [0.15, 0.2) is 0 Å². The summed E-state index contributed by atoms with van der Waals surface area (Å²) in [5.41, 5.74) is 0. The topological polar surface area (TPSA) is 0 Å². The van der Waals surface area contributed by atoms with Crippen molar-refractivity contribution in [3.63, 3.8) is 0 Å². The molecule has 0 bridgehead atoms. The van der Waals surface area contributed by atoms with Crippen molar-refractivity contribution < 1.29 is 885 Å². The van der Waals surface area contributed by atoms with Crippen LogP contribution in [0.4, 0.5) is 0 Å². The van der Waals surface area contributed by atoms with Crippen molar-refractivity contribution in [2.75, 3.05) is 0 Å². The van der Waals surface area contributed by atoms with Gasteiger partial charge in [0.25, 0.3) is 0 Å². The monoisotopic (exact) mass is 7730 g/mol. The Bertz CT molecular complexity index is 0. The van der Waals surface area contributed by atoms with Gasteiger partial charge in [0.05, 0.1) is 0 Å². The van der Waals surface area contributed by atoms with Crippen molar-refractivity contribution in [2.45, 2.75) is 0 Å². The van der Waals surface area contributed by atoms with E-state index in [2.05, 4.69) is 0 Å². The van der Waals surface area contributed by atoms with E-state index in [1.54, 1.807) is 0 Å². The molecule has 0 aromatic heterocycles. The average Bonchev–Trinajstić information content (AvgIpc) is 0. The summed E-state index contributed by atoms with van der Waals surface area (Å²) in [5.74, 6) is 0. The van der Waals surface area contributed by atoms with Gasteiger partial charge < -0.3 is 0 Å². The molecule has 42 heteroatoms. The molecule has 0 unspecified atom stereocenters. The Hall–Kier alpha value is 28.9. The van der Waals surface area contributed by atoms with Crippen molar-refractivity contribution in [3.05, 3.63) is 0 Å². The van der Waals surface area contributed by atoms with E-state index in [1.165, 1.54) is 0 Å². The van der Waals surface area contributed by atoms with E-state index in [-0.39, 0.29) is 885 Å². The molecule has 0 aromatic rings. The summed E-state index contributed by atoms with van der Waals surface area (Å²) in [6.07, 6.45) is 0. The molecular formula is W42. The van der Waals surface area contributed by atoms with Crippen LogP contribution in [0.2, 0.25) is 0 Å². The Balaban J connectivity index is 0. The van der Waals surface area contributed by atoms with E-state index >= 15 is 0 Å². The van der Waals surface area contributed by atoms with Gasteiger partial charge in [0.2, 0.25) is 0 Å². The first kappa shape index (κ1) is 415. The molecule has 0 amide bonds. The van der Waals surface area contributed by atoms with Crippen LogP contribution in [0.25, 0.3) is 0 Å². The van der Waals surface area contributed by atoms with Gasteiger partial charge in [-0.1, -0.05) is 0 Å². The van der Waals surface area contributed by atoms with Crippen molar-refractivity contribution >= 4 is 0 Å². The van der Waals surface area contributed by atoms with Crippen molar-refractivity contribution in [3.8, 4) is 0 Å². The van der Waals surface area contributed by atoms with Crippen LogP contribution < -0.4 is 0 Å². The van der Waals surface area contributed by atoms with Crippen molar-refractivity contribution in [2.24, 2.45) is 0 Å². The quantitative estimate of drug-likeness (QED) is 0.319. The molecule has 42 heavy (non-hydrogen) atoms. The predicted molar refractivity (Wildman–Crippen MR) is 0 cm³/mol. The van der Waals surface area contributed by atoms with E-state index < -0.39 is 0 Å². The molecule has 0 radical (unpaired) electrons. The standard InChI is InChI=1S/42W. The van der Waals surface area contributed by atoms with E-state index in [1.807, 2.05) is 0 Å². The maximum absolute atomic E-state index is 0. The molecule has 0 saturated carbocycles. The number of rotatable bonds is 0. The second-order valence-corrected chi connectivity index (χ2v) is 0. The van der Waals surface area contributed by atoms with Gasteiger partial charge in [-0.05, 0) is 0 Å². The molecule has 0 N–H and O–H groups in total. The summed E-state index contributed by atoms with van der Waals surface area (Å²) in [6, 6.07) is 0. The third-order valence-electron chi connectivity index (χ3n) is 0. The van der Waals surface area contributed by atoms with E-state index in [0.717, 1.165) is 0 Å². The summed E-state index contributed by atoms with van der Waals surface area (Å²) in [7, 11) is 0. The first-order valence-corrected chi connectivity index (χ1v) is 0. The number of hydrogen-bond donors (Lipinski definition) is 0. The maximum atomic E-state index is 0. The molecule has 0 aromatic carbocycles. The van der Waals surface area contributed by atoms with Crippen LogP contribution in [-0.2, 0) is 885 Å². The minimum Gasteiger partial charge on any atom is 0 e. The van der Waals surface area contributed by atoms with Crippen LogP contribution in [0.1, 0.15) is 0 Å². The predicted octanol–water partition coefficient (Wildman–Crippen LogP) is -0.105. The molecule has 0 saturated heterocycles. The first-order chi connectivity index (χ1) is 0.